The summed E-state index contributed by atoms with van der Waals surface area (Å²) in [6.07, 6.45) is 0. The van der Waals surface area contributed by atoms with Gasteiger partial charge in [-0.2, -0.15) is 5.10 Å². The highest BCUT2D eigenvalue weighted by Gasteiger charge is 2.00. The maximum absolute atomic E-state index is 3.83. The van der Waals surface area contributed by atoms with Gasteiger partial charge < -0.3 is 0 Å². The molecule has 64 valence electrons. The third-order valence-electron chi connectivity index (χ3n) is 1.91. The first-order valence-corrected chi connectivity index (χ1v) is 3.93. The SMILES string of the molecule is C=NN(C)c1ccc(C)cc1C. The lowest BCUT2D eigenvalue weighted by Gasteiger charge is -2.14. The van der Waals surface area contributed by atoms with E-state index in [1.165, 1.54) is 11.1 Å². The molecule has 0 amide bonds. The number of hydrazone groups is 1. The molecule has 0 atom stereocenters. The van der Waals surface area contributed by atoms with Crippen molar-refractivity contribution in [3.05, 3.63) is 29.3 Å². The van der Waals surface area contributed by atoms with E-state index in [2.05, 4.69) is 43.9 Å². The molecule has 0 aliphatic carbocycles. The van der Waals surface area contributed by atoms with Gasteiger partial charge in [-0.05, 0) is 25.5 Å². The Morgan fingerprint density at radius 2 is 2.00 bits per heavy atom. The van der Waals surface area contributed by atoms with Gasteiger partial charge in [-0.15, -0.1) is 0 Å². The van der Waals surface area contributed by atoms with E-state index in [9.17, 15) is 0 Å². The molecule has 12 heavy (non-hydrogen) atoms. The van der Waals surface area contributed by atoms with Crippen LogP contribution in [0.2, 0.25) is 0 Å². The average Bonchev–Trinajstić information content (AvgIpc) is 2.03. The molecule has 0 saturated carbocycles. The van der Waals surface area contributed by atoms with Gasteiger partial charge in [-0.3, -0.25) is 5.01 Å². The van der Waals surface area contributed by atoms with E-state index in [4.69, 9.17) is 0 Å². The van der Waals surface area contributed by atoms with Crippen LogP contribution >= 0.6 is 0 Å². The van der Waals surface area contributed by atoms with E-state index in [1.807, 2.05) is 7.05 Å². The van der Waals surface area contributed by atoms with Gasteiger partial charge in [0.1, 0.15) is 0 Å². The Hall–Kier alpha value is -1.31. The van der Waals surface area contributed by atoms with Crippen molar-refractivity contribution in [2.24, 2.45) is 5.10 Å². The summed E-state index contributed by atoms with van der Waals surface area (Å²) in [5.41, 5.74) is 3.61. The van der Waals surface area contributed by atoms with Crippen molar-refractivity contribution in [1.29, 1.82) is 0 Å². The van der Waals surface area contributed by atoms with E-state index in [0.717, 1.165) is 5.69 Å². The summed E-state index contributed by atoms with van der Waals surface area (Å²) < 4.78 is 0. The topological polar surface area (TPSA) is 15.6 Å². The Balaban J connectivity index is 3.09. The monoisotopic (exact) mass is 162 g/mol. The zero-order chi connectivity index (χ0) is 9.14. The van der Waals surface area contributed by atoms with Crippen LogP contribution in [0.4, 0.5) is 5.69 Å². The third-order valence-corrected chi connectivity index (χ3v) is 1.91. The van der Waals surface area contributed by atoms with Crippen LogP contribution in [0.25, 0.3) is 0 Å². The lowest BCUT2D eigenvalue weighted by molar-refractivity contribution is 1.02. The van der Waals surface area contributed by atoms with Crippen LogP contribution in [0.5, 0.6) is 0 Å². The molecule has 0 spiro atoms. The zero-order valence-electron chi connectivity index (χ0n) is 7.83. The van der Waals surface area contributed by atoms with E-state index in [0.29, 0.717) is 0 Å². The fourth-order valence-electron chi connectivity index (χ4n) is 1.24. The summed E-state index contributed by atoms with van der Waals surface area (Å²) in [6, 6.07) is 6.26. The van der Waals surface area contributed by atoms with Crippen molar-refractivity contribution in [2.45, 2.75) is 13.8 Å². The minimum atomic E-state index is 1.11. The van der Waals surface area contributed by atoms with Crippen LogP contribution in [0, 0.1) is 13.8 Å². The highest BCUT2D eigenvalue weighted by Crippen LogP contribution is 2.19. The molecule has 0 heterocycles. The van der Waals surface area contributed by atoms with Gasteiger partial charge in [-0.1, -0.05) is 17.7 Å². The molecule has 0 unspecified atom stereocenters. The summed E-state index contributed by atoms with van der Waals surface area (Å²) in [4.78, 5) is 0. The van der Waals surface area contributed by atoms with Crippen LogP contribution in [0.1, 0.15) is 11.1 Å². The number of aryl methyl sites for hydroxylation is 2. The molecule has 0 aliphatic heterocycles. The Labute approximate surface area is 73.5 Å². The Bertz CT molecular complexity index is 292. The number of anilines is 1. The smallest absolute Gasteiger partial charge is 0.0619 e. The summed E-state index contributed by atoms with van der Waals surface area (Å²) >= 11 is 0. The largest absolute Gasteiger partial charge is 0.269 e. The van der Waals surface area contributed by atoms with E-state index in [-0.39, 0.29) is 0 Å². The molecular formula is C10H14N2. The van der Waals surface area contributed by atoms with Gasteiger partial charge in [0, 0.05) is 13.8 Å². The average molecular weight is 162 g/mol. The molecule has 0 aromatic heterocycles. The summed E-state index contributed by atoms with van der Waals surface area (Å²) in [5.74, 6) is 0. The van der Waals surface area contributed by atoms with Crippen LogP contribution in [0.15, 0.2) is 23.3 Å². The Morgan fingerprint density at radius 1 is 1.33 bits per heavy atom. The summed E-state index contributed by atoms with van der Waals surface area (Å²) in [5, 5.41) is 5.61. The number of rotatable bonds is 2. The van der Waals surface area contributed by atoms with Gasteiger partial charge in [0.25, 0.3) is 0 Å². The van der Waals surface area contributed by atoms with Crippen molar-refractivity contribution in [3.8, 4) is 0 Å². The zero-order valence-corrected chi connectivity index (χ0v) is 7.83. The van der Waals surface area contributed by atoms with Gasteiger partial charge in [0.2, 0.25) is 0 Å². The standard InChI is InChI=1S/C10H14N2/c1-8-5-6-10(9(2)7-8)12(4)11-3/h5-7H,3H2,1-2,4H3. The van der Waals surface area contributed by atoms with Gasteiger partial charge in [0.15, 0.2) is 0 Å². The first-order chi connectivity index (χ1) is 5.65. The van der Waals surface area contributed by atoms with E-state index >= 15 is 0 Å². The van der Waals surface area contributed by atoms with Crippen LogP contribution < -0.4 is 5.01 Å². The quantitative estimate of drug-likeness (QED) is 0.481. The first-order valence-electron chi connectivity index (χ1n) is 3.93. The predicted octanol–water partition coefficient (Wildman–Crippen LogP) is 2.36. The molecule has 0 bridgehead atoms. The van der Waals surface area contributed by atoms with Crippen molar-refractivity contribution >= 4 is 12.4 Å². The molecule has 2 heteroatoms. The highest BCUT2D eigenvalue weighted by atomic mass is 15.4. The number of benzene rings is 1. The maximum atomic E-state index is 3.83. The van der Waals surface area contributed by atoms with Crippen LogP contribution in [-0.4, -0.2) is 13.8 Å². The molecule has 0 aliphatic rings. The van der Waals surface area contributed by atoms with Crippen LogP contribution in [-0.2, 0) is 0 Å². The first kappa shape index (κ1) is 8.78. The van der Waals surface area contributed by atoms with Crippen molar-refractivity contribution in [3.63, 3.8) is 0 Å². The molecule has 1 rings (SSSR count). The highest BCUT2D eigenvalue weighted by molar-refractivity contribution is 5.54. The number of hydrogen-bond donors (Lipinski definition) is 0. The number of hydrogen-bond acceptors (Lipinski definition) is 2. The van der Waals surface area contributed by atoms with Gasteiger partial charge >= 0.3 is 0 Å². The Morgan fingerprint density at radius 3 is 2.50 bits per heavy atom. The maximum Gasteiger partial charge on any atom is 0.0619 e. The lowest BCUT2D eigenvalue weighted by atomic mass is 10.1. The minimum absolute atomic E-state index is 1.11. The fraction of sp³-hybridized carbons (Fsp3) is 0.300. The van der Waals surface area contributed by atoms with E-state index < -0.39 is 0 Å². The second-order valence-corrected chi connectivity index (χ2v) is 2.95. The number of nitrogens with zero attached hydrogens (tertiary/aromatic N) is 2. The molecule has 2 nitrogen and oxygen atoms in total. The van der Waals surface area contributed by atoms with E-state index in [1.54, 1.807) is 5.01 Å². The second-order valence-electron chi connectivity index (χ2n) is 2.95. The van der Waals surface area contributed by atoms with Crippen molar-refractivity contribution < 1.29 is 0 Å². The summed E-state index contributed by atoms with van der Waals surface area (Å²) in [6.45, 7) is 7.63. The molecule has 1 aromatic carbocycles. The molecule has 0 N–H and O–H groups in total. The van der Waals surface area contributed by atoms with Gasteiger partial charge in [-0.25, -0.2) is 0 Å². The lowest BCUT2D eigenvalue weighted by Crippen LogP contribution is -2.08. The summed E-state index contributed by atoms with van der Waals surface area (Å²) in [7, 11) is 1.89. The van der Waals surface area contributed by atoms with Crippen molar-refractivity contribution in [1.82, 2.24) is 0 Å². The van der Waals surface area contributed by atoms with Crippen LogP contribution in [0.3, 0.4) is 0 Å². The fourth-order valence-corrected chi connectivity index (χ4v) is 1.24. The van der Waals surface area contributed by atoms with Gasteiger partial charge in [0.05, 0.1) is 5.69 Å². The van der Waals surface area contributed by atoms with Crippen molar-refractivity contribution in [2.75, 3.05) is 12.1 Å². The molecule has 1 aromatic rings. The second kappa shape index (κ2) is 3.39. The molecule has 0 fully saturated rings. The third kappa shape index (κ3) is 1.64. The normalized spacial score (nSPS) is 9.58. The minimum Gasteiger partial charge on any atom is -0.269 e. The molecular weight excluding hydrogens is 148 g/mol. The molecule has 0 radical (unpaired) electrons. The molecule has 0 saturated heterocycles. The Kier molecular flexibility index (Phi) is 2.48. The predicted molar refractivity (Wildman–Crippen MR) is 53.9 cm³/mol.